The Morgan fingerprint density at radius 1 is 1.65 bits per heavy atom. The summed E-state index contributed by atoms with van der Waals surface area (Å²) in [5.74, 6) is 0.674. The van der Waals surface area contributed by atoms with Crippen molar-refractivity contribution in [2.75, 3.05) is 18.5 Å². The quantitative estimate of drug-likeness (QED) is 0.639. The number of pyridine rings is 1. The van der Waals surface area contributed by atoms with Gasteiger partial charge in [0.2, 0.25) is 0 Å². The van der Waals surface area contributed by atoms with E-state index in [1.54, 1.807) is 12.3 Å². The van der Waals surface area contributed by atoms with E-state index in [2.05, 4.69) is 10.3 Å². The third-order valence-corrected chi connectivity index (χ3v) is 3.48. The van der Waals surface area contributed by atoms with E-state index < -0.39 is 0 Å². The third kappa shape index (κ3) is 3.29. The molecule has 0 spiro atoms. The normalized spacial score (nSPS) is 20.0. The van der Waals surface area contributed by atoms with Crippen molar-refractivity contribution in [2.24, 2.45) is 0 Å². The molecule has 2 heterocycles. The van der Waals surface area contributed by atoms with Gasteiger partial charge in [0.1, 0.15) is 9.54 Å². The van der Waals surface area contributed by atoms with Crippen LogP contribution in [-0.2, 0) is 4.74 Å². The molecule has 0 bridgehead atoms. The zero-order chi connectivity index (χ0) is 12.3. The summed E-state index contributed by atoms with van der Waals surface area (Å²) in [6, 6.07) is 1.95. The van der Waals surface area contributed by atoms with Crippen LogP contribution in [0.15, 0.2) is 12.3 Å². The largest absolute Gasteiger partial charge is 0.379 e. The Hall–Kier alpha value is -0.400. The molecule has 4 nitrogen and oxygen atoms in total. The van der Waals surface area contributed by atoms with Crippen LogP contribution in [0.25, 0.3) is 0 Å². The molecule has 1 saturated heterocycles. The minimum Gasteiger partial charge on any atom is -0.379 e. The molecule has 1 unspecified atom stereocenters. The van der Waals surface area contributed by atoms with Gasteiger partial charge in [-0.3, -0.25) is 5.41 Å². The Balaban J connectivity index is 2.19. The highest BCUT2D eigenvalue weighted by Gasteiger charge is 2.18. The summed E-state index contributed by atoms with van der Waals surface area (Å²) >= 11 is 8.03. The number of nitrogens with one attached hydrogen (secondary N) is 2. The second-order valence-electron chi connectivity index (χ2n) is 3.89. The molecule has 0 radical (unpaired) electrons. The molecule has 92 valence electrons. The van der Waals surface area contributed by atoms with Crippen molar-refractivity contribution >= 4 is 43.7 Å². The highest BCUT2D eigenvalue weighted by Crippen LogP contribution is 2.26. The van der Waals surface area contributed by atoms with Gasteiger partial charge in [-0.25, -0.2) is 4.98 Å². The van der Waals surface area contributed by atoms with Crippen molar-refractivity contribution in [3.05, 3.63) is 22.8 Å². The Bertz CT molecular complexity index is 421. The van der Waals surface area contributed by atoms with E-state index in [1.807, 2.05) is 22.6 Å². The molecular formula is C11H13ClIN3O. The van der Waals surface area contributed by atoms with Crippen molar-refractivity contribution in [2.45, 2.75) is 18.9 Å². The van der Waals surface area contributed by atoms with E-state index in [0.717, 1.165) is 19.4 Å². The van der Waals surface area contributed by atoms with Crippen LogP contribution in [0.5, 0.6) is 0 Å². The Morgan fingerprint density at radius 2 is 2.47 bits per heavy atom. The topological polar surface area (TPSA) is 58.0 Å². The Kier molecular flexibility index (Phi) is 4.58. The minimum atomic E-state index is 0.254. The standard InChI is InChI=1S/C11H13ClIN3O/c12-8-3-4-15-11(9(8)10(13)14)16-7-2-1-5-17-6-7/h3-4,7,14H,1-2,5-6H2,(H,15,16). The summed E-state index contributed by atoms with van der Waals surface area (Å²) in [6.07, 6.45) is 3.76. The highest BCUT2D eigenvalue weighted by molar-refractivity contribution is 14.1. The number of nitrogens with zero attached hydrogens (tertiary/aromatic N) is 1. The van der Waals surface area contributed by atoms with Gasteiger partial charge >= 0.3 is 0 Å². The number of anilines is 1. The number of hydrogen-bond acceptors (Lipinski definition) is 4. The maximum Gasteiger partial charge on any atom is 0.137 e. The summed E-state index contributed by atoms with van der Waals surface area (Å²) < 4.78 is 5.79. The number of rotatable bonds is 3. The Labute approximate surface area is 119 Å². The number of ether oxygens (including phenoxy) is 1. The van der Waals surface area contributed by atoms with Crippen molar-refractivity contribution in [3.8, 4) is 0 Å². The zero-order valence-electron chi connectivity index (χ0n) is 9.17. The van der Waals surface area contributed by atoms with Crippen LogP contribution in [0.4, 0.5) is 5.82 Å². The first-order valence-corrected chi connectivity index (χ1v) is 6.87. The van der Waals surface area contributed by atoms with Crippen LogP contribution in [0, 0.1) is 5.41 Å². The summed E-state index contributed by atoms with van der Waals surface area (Å²) in [4.78, 5) is 4.26. The number of hydrogen-bond donors (Lipinski definition) is 2. The average Bonchev–Trinajstić information content (AvgIpc) is 2.30. The molecule has 6 heteroatoms. The van der Waals surface area contributed by atoms with Crippen molar-refractivity contribution in [3.63, 3.8) is 0 Å². The maximum absolute atomic E-state index is 7.73. The van der Waals surface area contributed by atoms with Gasteiger partial charge in [0.25, 0.3) is 0 Å². The lowest BCUT2D eigenvalue weighted by atomic mass is 10.1. The lowest BCUT2D eigenvalue weighted by molar-refractivity contribution is 0.0875. The van der Waals surface area contributed by atoms with Crippen LogP contribution in [0.3, 0.4) is 0 Å². The summed E-state index contributed by atoms with van der Waals surface area (Å²) in [5, 5.41) is 11.6. The van der Waals surface area contributed by atoms with Crippen LogP contribution in [0.2, 0.25) is 5.02 Å². The monoisotopic (exact) mass is 365 g/mol. The van der Waals surface area contributed by atoms with Gasteiger partial charge in [0.15, 0.2) is 0 Å². The minimum absolute atomic E-state index is 0.254. The fourth-order valence-corrected chi connectivity index (χ4v) is 2.75. The van der Waals surface area contributed by atoms with Crippen LogP contribution in [-0.4, -0.2) is 28.0 Å². The fraction of sp³-hybridized carbons (Fsp3) is 0.455. The molecule has 2 rings (SSSR count). The van der Waals surface area contributed by atoms with Gasteiger partial charge in [-0.2, -0.15) is 0 Å². The Morgan fingerprint density at radius 3 is 3.12 bits per heavy atom. The molecule has 1 aromatic heterocycles. The lowest BCUT2D eigenvalue weighted by Gasteiger charge is -2.24. The van der Waals surface area contributed by atoms with Crippen LogP contribution >= 0.6 is 34.2 Å². The number of halogens is 2. The zero-order valence-corrected chi connectivity index (χ0v) is 12.1. The molecule has 1 fully saturated rings. The maximum atomic E-state index is 7.73. The molecular weight excluding hydrogens is 352 g/mol. The molecule has 17 heavy (non-hydrogen) atoms. The second-order valence-corrected chi connectivity index (χ2v) is 5.37. The molecule has 0 aliphatic carbocycles. The van der Waals surface area contributed by atoms with Crippen molar-refractivity contribution in [1.82, 2.24) is 4.98 Å². The summed E-state index contributed by atoms with van der Waals surface area (Å²) in [6.45, 7) is 1.51. The number of aromatic nitrogens is 1. The van der Waals surface area contributed by atoms with E-state index in [0.29, 0.717) is 26.7 Å². The van der Waals surface area contributed by atoms with E-state index >= 15 is 0 Å². The van der Waals surface area contributed by atoms with E-state index in [1.165, 1.54) is 0 Å². The van der Waals surface area contributed by atoms with Crippen LogP contribution < -0.4 is 5.32 Å². The van der Waals surface area contributed by atoms with Crippen molar-refractivity contribution < 1.29 is 4.74 Å². The van der Waals surface area contributed by atoms with Gasteiger partial charge in [0, 0.05) is 12.8 Å². The molecule has 1 aliphatic heterocycles. The van der Waals surface area contributed by atoms with Gasteiger partial charge in [0.05, 0.1) is 23.2 Å². The first-order valence-electron chi connectivity index (χ1n) is 5.41. The molecule has 1 aliphatic rings. The lowest BCUT2D eigenvalue weighted by Crippen LogP contribution is -2.31. The molecule has 0 saturated carbocycles. The molecule has 0 aromatic carbocycles. The molecule has 0 amide bonds. The van der Waals surface area contributed by atoms with Gasteiger partial charge in [-0.1, -0.05) is 11.6 Å². The van der Waals surface area contributed by atoms with Gasteiger partial charge < -0.3 is 10.1 Å². The fourth-order valence-electron chi connectivity index (χ4n) is 1.80. The molecule has 1 atom stereocenters. The van der Waals surface area contributed by atoms with Crippen LogP contribution in [0.1, 0.15) is 18.4 Å². The van der Waals surface area contributed by atoms with Gasteiger partial charge in [-0.05, 0) is 41.5 Å². The highest BCUT2D eigenvalue weighted by atomic mass is 127. The predicted octanol–water partition coefficient (Wildman–Crippen LogP) is 3.09. The summed E-state index contributed by atoms with van der Waals surface area (Å²) in [5.41, 5.74) is 0.667. The van der Waals surface area contributed by atoms with E-state index in [4.69, 9.17) is 21.7 Å². The average molecular weight is 366 g/mol. The second kappa shape index (κ2) is 5.97. The predicted molar refractivity (Wildman–Crippen MR) is 77.6 cm³/mol. The first-order chi connectivity index (χ1) is 8.18. The molecule has 2 N–H and O–H groups in total. The molecule has 1 aromatic rings. The van der Waals surface area contributed by atoms with E-state index in [9.17, 15) is 0 Å². The van der Waals surface area contributed by atoms with Crippen molar-refractivity contribution in [1.29, 1.82) is 5.41 Å². The third-order valence-electron chi connectivity index (χ3n) is 2.62. The smallest absolute Gasteiger partial charge is 0.137 e. The van der Waals surface area contributed by atoms with Gasteiger partial charge in [-0.15, -0.1) is 0 Å². The van der Waals surface area contributed by atoms with E-state index in [-0.39, 0.29) is 6.04 Å². The summed E-state index contributed by atoms with van der Waals surface area (Å²) in [7, 11) is 0. The SMILES string of the molecule is N=C(I)c1c(Cl)ccnc1NC1CCCOC1. The first kappa shape index (κ1) is 13.0.